The lowest BCUT2D eigenvalue weighted by molar-refractivity contribution is -0.116. The molecule has 1 aliphatic heterocycles. The van der Waals surface area contributed by atoms with Gasteiger partial charge in [0.25, 0.3) is 0 Å². The highest BCUT2D eigenvalue weighted by Gasteiger charge is 2.22. The number of amides is 1. The first-order chi connectivity index (χ1) is 10.0. The highest BCUT2D eigenvalue weighted by Crippen LogP contribution is 2.27. The Morgan fingerprint density at radius 2 is 1.86 bits per heavy atom. The number of aryl methyl sites for hydroxylation is 1. The monoisotopic (exact) mass is 342 g/mol. The van der Waals surface area contributed by atoms with Crippen molar-refractivity contribution >= 4 is 33.2 Å². The fraction of sp³-hybridized carbons (Fsp3) is 0.176. The maximum atomic E-state index is 12.1. The first-order valence-electron chi connectivity index (χ1n) is 6.80. The van der Waals surface area contributed by atoms with Crippen LogP contribution in [0.3, 0.4) is 0 Å². The normalized spacial score (nSPS) is 17.6. The molecule has 0 aliphatic carbocycles. The van der Waals surface area contributed by atoms with Crippen molar-refractivity contribution in [3.8, 4) is 0 Å². The van der Waals surface area contributed by atoms with Crippen LogP contribution in [0.5, 0.6) is 0 Å². The summed E-state index contributed by atoms with van der Waals surface area (Å²) in [6.45, 7) is 3.86. The lowest BCUT2D eigenvalue weighted by Gasteiger charge is -2.10. The molecular weight excluding hydrogens is 328 g/mol. The molecule has 0 bridgehead atoms. The Kier molecular flexibility index (Phi) is 3.64. The van der Waals surface area contributed by atoms with E-state index in [1.807, 2.05) is 37.3 Å². The number of anilines is 1. The Balaban J connectivity index is 2.21. The van der Waals surface area contributed by atoms with E-state index in [2.05, 4.69) is 45.3 Å². The fourth-order valence-corrected chi connectivity index (χ4v) is 2.68. The summed E-state index contributed by atoms with van der Waals surface area (Å²) in [5.74, 6) is -0.0827. The minimum atomic E-state index is -0.410. The summed E-state index contributed by atoms with van der Waals surface area (Å²) in [5.41, 5.74) is 4.79. The van der Waals surface area contributed by atoms with E-state index in [0.717, 1.165) is 27.0 Å². The molecule has 2 aromatic rings. The molecule has 0 saturated carbocycles. The van der Waals surface area contributed by atoms with Crippen LogP contribution in [0, 0.1) is 6.92 Å². The Morgan fingerprint density at radius 3 is 2.57 bits per heavy atom. The summed E-state index contributed by atoms with van der Waals surface area (Å²) in [6.07, 6.45) is 0. The smallest absolute Gasteiger partial charge is 0.248 e. The van der Waals surface area contributed by atoms with Gasteiger partial charge in [0.2, 0.25) is 5.91 Å². The minimum absolute atomic E-state index is 0.0827. The Morgan fingerprint density at radius 1 is 1.14 bits per heavy atom. The van der Waals surface area contributed by atoms with Crippen LogP contribution in [-0.4, -0.2) is 17.7 Å². The summed E-state index contributed by atoms with van der Waals surface area (Å²) in [4.78, 5) is 16.7. The molecule has 1 atom stereocenters. The number of hydrogen-bond donors (Lipinski definition) is 1. The molecule has 0 aromatic heterocycles. The molecule has 0 spiro atoms. The zero-order valence-corrected chi connectivity index (χ0v) is 13.4. The standard InChI is InChI=1S/C17H15BrN2O/c1-10-3-5-12(6-4-10)16-14-9-13(18)7-8-15(14)20-17(21)11(2)19-16/h3-9,11H,1-2H3,(H,20,21)/t11-/m0/s1. The molecule has 106 valence electrons. The number of carbonyl (C=O) groups is 1. The van der Waals surface area contributed by atoms with Crippen LogP contribution in [0.4, 0.5) is 5.69 Å². The Bertz CT molecular complexity index is 735. The number of benzene rings is 2. The van der Waals surface area contributed by atoms with Gasteiger partial charge >= 0.3 is 0 Å². The van der Waals surface area contributed by atoms with E-state index >= 15 is 0 Å². The van der Waals surface area contributed by atoms with Crippen LogP contribution in [0.1, 0.15) is 23.6 Å². The van der Waals surface area contributed by atoms with E-state index in [1.54, 1.807) is 0 Å². The third-order valence-corrected chi connectivity index (χ3v) is 4.02. The third kappa shape index (κ3) is 2.76. The number of nitrogens with zero attached hydrogens (tertiary/aromatic N) is 1. The van der Waals surface area contributed by atoms with Crippen LogP contribution in [0.15, 0.2) is 51.9 Å². The summed E-state index contributed by atoms with van der Waals surface area (Å²) in [7, 11) is 0. The molecule has 3 nitrogen and oxygen atoms in total. The molecule has 3 rings (SSSR count). The van der Waals surface area contributed by atoms with Gasteiger partial charge in [-0.25, -0.2) is 0 Å². The van der Waals surface area contributed by atoms with Gasteiger partial charge in [0.15, 0.2) is 0 Å². The average molecular weight is 343 g/mol. The maximum Gasteiger partial charge on any atom is 0.248 e. The van der Waals surface area contributed by atoms with E-state index in [0.29, 0.717) is 0 Å². The summed E-state index contributed by atoms with van der Waals surface area (Å²) in [5, 5.41) is 2.94. The summed E-state index contributed by atoms with van der Waals surface area (Å²) in [6, 6.07) is 13.6. The number of halogens is 1. The van der Waals surface area contributed by atoms with Crippen molar-refractivity contribution in [1.82, 2.24) is 0 Å². The van der Waals surface area contributed by atoms with Gasteiger partial charge in [-0.15, -0.1) is 0 Å². The van der Waals surface area contributed by atoms with Crippen LogP contribution in [-0.2, 0) is 4.79 Å². The molecule has 1 aliphatic rings. The molecular formula is C17H15BrN2O. The van der Waals surface area contributed by atoms with Gasteiger partial charge < -0.3 is 5.32 Å². The predicted molar refractivity (Wildman–Crippen MR) is 89.1 cm³/mol. The number of hydrogen-bond acceptors (Lipinski definition) is 2. The topological polar surface area (TPSA) is 41.5 Å². The van der Waals surface area contributed by atoms with Crippen LogP contribution in [0.2, 0.25) is 0 Å². The molecule has 4 heteroatoms. The fourth-order valence-electron chi connectivity index (χ4n) is 2.32. The van der Waals surface area contributed by atoms with Crippen molar-refractivity contribution in [3.05, 3.63) is 63.6 Å². The van der Waals surface area contributed by atoms with Crippen molar-refractivity contribution in [3.63, 3.8) is 0 Å². The molecule has 0 unspecified atom stereocenters. The third-order valence-electron chi connectivity index (χ3n) is 3.52. The van der Waals surface area contributed by atoms with Gasteiger partial charge in [-0.05, 0) is 32.0 Å². The van der Waals surface area contributed by atoms with Crippen LogP contribution >= 0.6 is 15.9 Å². The summed E-state index contributed by atoms with van der Waals surface area (Å²) >= 11 is 3.49. The van der Waals surface area contributed by atoms with Gasteiger partial charge in [0.05, 0.1) is 11.4 Å². The zero-order chi connectivity index (χ0) is 15.0. The second-order valence-corrected chi connectivity index (χ2v) is 6.11. The number of nitrogens with one attached hydrogen (secondary N) is 1. The SMILES string of the molecule is Cc1ccc(C2=N[C@@H](C)C(=O)Nc3ccc(Br)cc32)cc1. The second-order valence-electron chi connectivity index (χ2n) is 5.20. The molecule has 1 amide bonds. The van der Waals surface area contributed by atoms with E-state index in [4.69, 9.17) is 0 Å². The maximum absolute atomic E-state index is 12.1. The molecule has 0 fully saturated rings. The number of fused-ring (bicyclic) bond motifs is 1. The average Bonchev–Trinajstić information content (AvgIpc) is 2.58. The van der Waals surface area contributed by atoms with Gasteiger partial charge in [0.1, 0.15) is 6.04 Å². The predicted octanol–water partition coefficient (Wildman–Crippen LogP) is 3.94. The number of aliphatic imine (C=N–C) groups is 1. The Labute approximate surface area is 132 Å². The molecule has 21 heavy (non-hydrogen) atoms. The quantitative estimate of drug-likeness (QED) is 0.837. The van der Waals surface area contributed by atoms with E-state index in [9.17, 15) is 4.79 Å². The van der Waals surface area contributed by atoms with E-state index in [1.165, 1.54) is 5.56 Å². The zero-order valence-electron chi connectivity index (χ0n) is 11.9. The number of benzodiazepines with no additional fused rings is 1. The van der Waals surface area contributed by atoms with Crippen molar-refractivity contribution < 1.29 is 4.79 Å². The van der Waals surface area contributed by atoms with E-state index < -0.39 is 6.04 Å². The molecule has 1 heterocycles. The van der Waals surface area contributed by atoms with Gasteiger partial charge in [-0.3, -0.25) is 9.79 Å². The van der Waals surface area contributed by atoms with Crippen LogP contribution < -0.4 is 5.32 Å². The highest BCUT2D eigenvalue weighted by molar-refractivity contribution is 9.10. The number of rotatable bonds is 1. The molecule has 0 radical (unpaired) electrons. The lowest BCUT2D eigenvalue weighted by atomic mass is 10.00. The second kappa shape index (κ2) is 5.45. The Hall–Kier alpha value is -1.94. The molecule has 1 N–H and O–H groups in total. The minimum Gasteiger partial charge on any atom is -0.324 e. The van der Waals surface area contributed by atoms with Gasteiger partial charge in [0, 0.05) is 15.6 Å². The van der Waals surface area contributed by atoms with Crippen molar-refractivity contribution in [2.75, 3.05) is 5.32 Å². The van der Waals surface area contributed by atoms with E-state index in [-0.39, 0.29) is 5.91 Å². The molecule has 0 saturated heterocycles. The van der Waals surface area contributed by atoms with Gasteiger partial charge in [-0.2, -0.15) is 0 Å². The van der Waals surface area contributed by atoms with Crippen molar-refractivity contribution in [2.24, 2.45) is 4.99 Å². The first kappa shape index (κ1) is 14.0. The van der Waals surface area contributed by atoms with Crippen molar-refractivity contribution in [1.29, 1.82) is 0 Å². The largest absolute Gasteiger partial charge is 0.324 e. The highest BCUT2D eigenvalue weighted by atomic mass is 79.9. The first-order valence-corrected chi connectivity index (χ1v) is 7.59. The van der Waals surface area contributed by atoms with Crippen molar-refractivity contribution in [2.45, 2.75) is 19.9 Å². The summed E-state index contributed by atoms with van der Waals surface area (Å²) < 4.78 is 0.963. The van der Waals surface area contributed by atoms with Gasteiger partial charge in [-0.1, -0.05) is 45.8 Å². The number of carbonyl (C=O) groups excluding carboxylic acids is 1. The van der Waals surface area contributed by atoms with Crippen LogP contribution in [0.25, 0.3) is 0 Å². The lowest BCUT2D eigenvalue weighted by Crippen LogP contribution is -2.22. The molecule has 2 aromatic carbocycles.